The van der Waals surface area contributed by atoms with Crippen LogP contribution in [0.1, 0.15) is 6.42 Å². The number of aliphatic carboxylic acids is 1. The van der Waals surface area contributed by atoms with Gasteiger partial charge in [0.05, 0.1) is 26.1 Å². The Labute approximate surface area is 142 Å². The van der Waals surface area contributed by atoms with Gasteiger partial charge in [0.25, 0.3) is 0 Å². The van der Waals surface area contributed by atoms with Gasteiger partial charge in [0.15, 0.2) is 0 Å². The second-order valence-electron chi connectivity index (χ2n) is 3.84. The Morgan fingerprint density at radius 2 is 2.00 bits per heavy atom. The zero-order valence-electron chi connectivity index (χ0n) is 11.3. The van der Waals surface area contributed by atoms with E-state index < -0.39 is 18.1 Å². The highest BCUT2D eigenvalue weighted by Gasteiger charge is 2.21. The summed E-state index contributed by atoms with van der Waals surface area (Å²) in [6.07, 6.45) is 1.80. The van der Waals surface area contributed by atoms with Gasteiger partial charge in [-0.25, -0.2) is 0 Å². The highest BCUT2D eigenvalue weighted by molar-refractivity contribution is 7.96. The van der Waals surface area contributed by atoms with Crippen LogP contribution in [0.5, 0.6) is 0 Å². The Hall–Kier alpha value is 0.590. The summed E-state index contributed by atoms with van der Waals surface area (Å²) in [6.45, 7) is 0.360. The zero-order chi connectivity index (χ0) is 13.3. The number of halogens is 2. The van der Waals surface area contributed by atoms with E-state index in [1.54, 1.807) is 0 Å². The lowest BCUT2D eigenvalue weighted by molar-refractivity contribution is -0.138. The van der Waals surface area contributed by atoms with Gasteiger partial charge in [-0.3, -0.25) is 4.79 Å². The summed E-state index contributed by atoms with van der Waals surface area (Å²) in [5.74, 6) is 0.260. The number of carboxylic acid groups (broad SMARTS) is 1. The topological polar surface area (TPSA) is 113 Å². The lowest BCUT2D eigenvalue weighted by Crippen LogP contribution is -3.00. The maximum atomic E-state index is 10.5. The van der Waals surface area contributed by atoms with Crippen molar-refractivity contribution >= 4 is 42.8 Å². The van der Waals surface area contributed by atoms with E-state index in [1.165, 1.54) is 0 Å². The molecule has 20 heavy (non-hydrogen) atoms. The highest BCUT2D eigenvalue weighted by atomic mass is 35.5. The van der Waals surface area contributed by atoms with E-state index in [0.29, 0.717) is 17.9 Å². The third-order valence-corrected chi connectivity index (χ3v) is 4.00. The van der Waals surface area contributed by atoms with Gasteiger partial charge in [-0.05, 0) is 10.9 Å². The third kappa shape index (κ3) is 16.6. The smallest absolute Gasteiger partial charge is 0.320 e. The molecule has 0 rings (SSSR count). The number of rotatable bonds is 10. The van der Waals surface area contributed by atoms with E-state index >= 15 is 0 Å². The molecule has 2 unspecified atom stereocenters. The number of aliphatic hydroxyl groups excluding tert-OH is 2. The minimum absolute atomic E-state index is 0. The second kappa shape index (κ2) is 17.6. The van der Waals surface area contributed by atoms with Gasteiger partial charge in [0.2, 0.25) is 0 Å². The molecular formula is C10H25Cl2NO5S2. The second-order valence-corrected chi connectivity index (χ2v) is 6.14. The van der Waals surface area contributed by atoms with Gasteiger partial charge in [0, 0.05) is 6.42 Å². The molecule has 0 bridgehead atoms. The molecule has 0 aromatic heterocycles. The average Bonchev–Trinajstić information content (AvgIpc) is 2.26. The van der Waals surface area contributed by atoms with Crippen LogP contribution in [0.3, 0.4) is 0 Å². The molecule has 3 atom stereocenters. The third-order valence-electron chi connectivity index (χ3n) is 2.12. The van der Waals surface area contributed by atoms with Crippen LogP contribution < -0.4 is 18.1 Å². The molecule has 0 aliphatic heterocycles. The van der Waals surface area contributed by atoms with Gasteiger partial charge >= 0.3 is 5.97 Å². The Morgan fingerprint density at radius 3 is 2.45 bits per heavy atom. The van der Waals surface area contributed by atoms with Crippen LogP contribution in [-0.2, 0) is 20.4 Å². The number of ether oxygens (including phenoxy) is 1. The summed E-state index contributed by atoms with van der Waals surface area (Å²) in [7, 11) is -0.0785. The van der Waals surface area contributed by atoms with Crippen LogP contribution in [-0.4, -0.2) is 71.0 Å². The Bertz CT molecular complexity index is 230. The molecule has 0 heterocycles. The number of nitrogens with two attached hydrogens (primary N) is 1. The lowest BCUT2D eigenvalue weighted by atomic mass is 10.2. The van der Waals surface area contributed by atoms with E-state index in [4.69, 9.17) is 20.7 Å². The van der Waals surface area contributed by atoms with Crippen LogP contribution in [0.15, 0.2) is 0 Å². The first-order valence-electron chi connectivity index (χ1n) is 5.41. The van der Waals surface area contributed by atoms with Crippen LogP contribution in [0.25, 0.3) is 0 Å². The molecule has 0 aliphatic rings. The predicted molar refractivity (Wildman–Crippen MR) is 84.8 cm³/mol. The van der Waals surface area contributed by atoms with E-state index in [9.17, 15) is 9.90 Å². The first-order chi connectivity index (χ1) is 7.97. The maximum absolute atomic E-state index is 10.5. The monoisotopic (exact) mass is 373 g/mol. The fourth-order valence-corrected chi connectivity index (χ4v) is 2.77. The number of hydrogen-bond acceptors (Lipinski definition) is 5. The quantitative estimate of drug-likeness (QED) is 0.229. The fraction of sp³-hybridized carbons (Fsp3) is 0.900. The minimum Gasteiger partial charge on any atom is -1.00 e. The van der Waals surface area contributed by atoms with Crippen LogP contribution >= 0.6 is 25.9 Å². The number of aliphatic hydroxyl groups is 2. The van der Waals surface area contributed by atoms with Crippen LogP contribution in [0.4, 0.5) is 0 Å². The van der Waals surface area contributed by atoms with E-state index in [2.05, 4.69) is 0 Å². The van der Waals surface area contributed by atoms with Crippen molar-refractivity contribution in [3.05, 3.63) is 0 Å². The van der Waals surface area contributed by atoms with Gasteiger partial charge < -0.3 is 38.2 Å². The normalized spacial score (nSPS) is 14.0. The minimum atomic E-state index is -0.992. The van der Waals surface area contributed by atoms with Crippen molar-refractivity contribution in [1.82, 2.24) is 0 Å². The van der Waals surface area contributed by atoms with Crippen molar-refractivity contribution in [2.45, 2.75) is 18.6 Å². The zero-order valence-corrected chi connectivity index (χ0v) is 14.7. The molecule has 126 valence electrons. The lowest BCUT2D eigenvalue weighted by Gasteiger charge is -2.11. The molecule has 6 nitrogen and oxygen atoms in total. The van der Waals surface area contributed by atoms with Crippen molar-refractivity contribution in [1.29, 1.82) is 0 Å². The molecule has 0 aromatic carbocycles. The van der Waals surface area contributed by atoms with Gasteiger partial charge in [-0.2, -0.15) is 13.5 Å². The molecular weight excluding hydrogens is 349 g/mol. The summed E-state index contributed by atoms with van der Waals surface area (Å²) < 4.78 is 4.99. The van der Waals surface area contributed by atoms with Crippen molar-refractivity contribution in [3.63, 3.8) is 0 Å². The summed E-state index contributed by atoms with van der Waals surface area (Å²) in [6, 6.07) is -0.826. The molecule has 0 radical (unpaired) electrons. The molecule has 0 aromatic rings. The van der Waals surface area contributed by atoms with Crippen molar-refractivity contribution in [3.8, 4) is 0 Å². The van der Waals surface area contributed by atoms with E-state index in [0.717, 1.165) is 0 Å². The maximum Gasteiger partial charge on any atom is 0.320 e. The van der Waals surface area contributed by atoms with E-state index in [-0.39, 0.29) is 69.0 Å². The molecule has 0 aliphatic carbocycles. The molecule has 0 saturated heterocycles. The predicted octanol–water partition coefficient (Wildman–Crippen LogP) is -4.06. The largest absolute Gasteiger partial charge is 1.00 e. The summed E-state index contributed by atoms with van der Waals surface area (Å²) in [5, 5.41) is 26.7. The van der Waals surface area contributed by atoms with Crippen molar-refractivity contribution in [2.24, 2.45) is 5.73 Å². The highest BCUT2D eigenvalue weighted by Crippen LogP contribution is 2.01. The fourth-order valence-electron chi connectivity index (χ4n) is 1.20. The summed E-state index contributed by atoms with van der Waals surface area (Å²) >= 11 is 0. The molecule has 0 fully saturated rings. The molecule has 0 saturated carbocycles. The van der Waals surface area contributed by atoms with Gasteiger partial charge in [0.1, 0.15) is 23.7 Å². The molecule has 0 amide bonds. The SMILES string of the molecule is C[S+](CC[C@H](N)C(=O)O)CC(O)COCCO.Cl.S.[Cl-]. The first-order valence-corrected chi connectivity index (χ1v) is 7.38. The Morgan fingerprint density at radius 1 is 1.45 bits per heavy atom. The van der Waals surface area contributed by atoms with Crippen molar-refractivity contribution < 1.29 is 37.3 Å². The summed E-state index contributed by atoms with van der Waals surface area (Å²) in [5.41, 5.74) is 5.38. The average molecular weight is 374 g/mol. The van der Waals surface area contributed by atoms with E-state index in [1.807, 2.05) is 6.26 Å². The van der Waals surface area contributed by atoms with Crippen molar-refractivity contribution in [2.75, 3.05) is 37.6 Å². The van der Waals surface area contributed by atoms with Gasteiger partial charge in [-0.1, -0.05) is 0 Å². The van der Waals surface area contributed by atoms with Gasteiger partial charge in [-0.15, -0.1) is 12.4 Å². The van der Waals surface area contributed by atoms with Crippen LogP contribution in [0.2, 0.25) is 0 Å². The Kier molecular flexibility index (Phi) is 25.3. The molecule has 10 heteroatoms. The number of hydrogen-bond donors (Lipinski definition) is 4. The van der Waals surface area contributed by atoms with Crippen LogP contribution in [0, 0.1) is 0 Å². The molecule has 5 N–H and O–H groups in total. The first kappa shape index (κ1) is 28.7. The standard InChI is InChI=1S/C10H21NO5S.2ClH.H2S/c1-17(5-2-9(11)10(14)15)7-8(13)6-16-4-3-12;;;/h8-9,12-13H,2-7,11H2,1H3;2*1H;1H2/t8?,9-,17?;;;/m0.../s1. The number of carboxylic acids is 1. The molecule has 0 spiro atoms. The number of carbonyl (C=O) groups is 1. The summed E-state index contributed by atoms with van der Waals surface area (Å²) in [4.78, 5) is 10.5. The Balaban J connectivity index is -0.000000427.